The van der Waals surface area contributed by atoms with Gasteiger partial charge in [-0.25, -0.2) is 9.48 Å². The quantitative estimate of drug-likeness (QED) is 0.312. The number of carbonyl (C=O) groups is 3. The molecule has 2 aromatic rings. The van der Waals surface area contributed by atoms with Gasteiger partial charge in [-0.3, -0.25) is 14.4 Å². The highest BCUT2D eigenvalue weighted by Gasteiger charge is 2.29. The average Bonchev–Trinajstić information content (AvgIpc) is 2.94. The summed E-state index contributed by atoms with van der Waals surface area (Å²) in [6.07, 6.45) is 0. The Morgan fingerprint density at radius 2 is 1.82 bits per heavy atom. The molecular formula is C16H19N7O5. The number of ether oxygens (including phenoxy) is 1. The zero-order chi connectivity index (χ0) is 21.2. The van der Waals surface area contributed by atoms with E-state index < -0.39 is 35.2 Å². The third-order valence-electron chi connectivity index (χ3n) is 3.54. The number of esters is 1. The molecule has 0 radical (unpaired) electrons. The summed E-state index contributed by atoms with van der Waals surface area (Å²) < 4.78 is 6.88. The van der Waals surface area contributed by atoms with Crippen LogP contribution in [-0.2, 0) is 26.3 Å². The number of azide groups is 1. The van der Waals surface area contributed by atoms with E-state index in [0.717, 1.165) is 9.20 Å². The summed E-state index contributed by atoms with van der Waals surface area (Å²) in [5, 5.41) is 11.5. The number of nitrogens with zero attached hydrogens (tertiary/aromatic N) is 7. The molecule has 2 aromatic heterocycles. The van der Waals surface area contributed by atoms with Crippen molar-refractivity contribution in [3.8, 4) is 0 Å². The van der Waals surface area contributed by atoms with E-state index >= 15 is 0 Å². The SMILES string of the molecule is CC(=O)COC(=O)c1c(N=[N+]=[N-])nn2c(=O)c(C(C)(C)C)nn(CC(C)=O)c12. The Morgan fingerprint density at radius 1 is 1.18 bits per heavy atom. The van der Waals surface area contributed by atoms with E-state index in [1.54, 1.807) is 20.8 Å². The largest absolute Gasteiger partial charge is 0.454 e. The molecule has 0 atom stereocenters. The maximum Gasteiger partial charge on any atom is 0.344 e. The number of rotatable bonds is 6. The summed E-state index contributed by atoms with van der Waals surface area (Å²) in [4.78, 5) is 50.8. The first-order chi connectivity index (χ1) is 13.0. The Bertz CT molecular complexity index is 1080. The van der Waals surface area contributed by atoms with Crippen LogP contribution >= 0.6 is 0 Å². The molecule has 0 N–H and O–H groups in total. The summed E-state index contributed by atoms with van der Waals surface area (Å²) in [5.41, 5.74) is 7.04. The topological polar surface area (TPSA) is 161 Å². The highest BCUT2D eigenvalue weighted by Crippen LogP contribution is 2.25. The van der Waals surface area contributed by atoms with Crippen LogP contribution in [0.4, 0.5) is 5.82 Å². The second kappa shape index (κ2) is 7.61. The lowest BCUT2D eigenvalue weighted by Gasteiger charge is -2.18. The van der Waals surface area contributed by atoms with E-state index in [9.17, 15) is 19.2 Å². The van der Waals surface area contributed by atoms with Gasteiger partial charge in [-0.2, -0.15) is 14.7 Å². The maximum absolute atomic E-state index is 12.9. The zero-order valence-electron chi connectivity index (χ0n) is 16.1. The van der Waals surface area contributed by atoms with Crippen LogP contribution in [0.3, 0.4) is 0 Å². The van der Waals surface area contributed by atoms with Crippen molar-refractivity contribution in [1.29, 1.82) is 0 Å². The number of Topliss-reactive ketones (excluding diaryl/α,β-unsaturated/α-hetero) is 2. The summed E-state index contributed by atoms with van der Waals surface area (Å²) in [5.74, 6) is -2.16. The first kappa shape index (κ1) is 20.8. The second-order valence-corrected chi connectivity index (χ2v) is 7.17. The molecule has 12 heteroatoms. The number of aromatic nitrogens is 4. The Kier molecular flexibility index (Phi) is 5.64. The summed E-state index contributed by atoms with van der Waals surface area (Å²) in [6.45, 7) is 7.01. The molecule has 0 unspecified atom stereocenters. The van der Waals surface area contributed by atoms with Gasteiger partial charge >= 0.3 is 5.97 Å². The van der Waals surface area contributed by atoms with Crippen LogP contribution in [0.2, 0.25) is 0 Å². The van der Waals surface area contributed by atoms with Crippen LogP contribution in [0.5, 0.6) is 0 Å². The molecule has 2 heterocycles. The fourth-order valence-corrected chi connectivity index (χ4v) is 2.42. The molecular weight excluding hydrogens is 370 g/mol. The molecule has 2 rings (SSSR count). The van der Waals surface area contributed by atoms with Crippen molar-refractivity contribution in [2.75, 3.05) is 6.61 Å². The Hall–Kier alpha value is -3.53. The smallest absolute Gasteiger partial charge is 0.344 e. The molecule has 0 aliphatic carbocycles. The fourth-order valence-electron chi connectivity index (χ4n) is 2.42. The van der Waals surface area contributed by atoms with Gasteiger partial charge in [0.05, 0.1) is 0 Å². The first-order valence-electron chi connectivity index (χ1n) is 8.22. The van der Waals surface area contributed by atoms with E-state index in [1.165, 1.54) is 13.8 Å². The molecule has 0 aliphatic heterocycles. The van der Waals surface area contributed by atoms with Crippen molar-refractivity contribution >= 4 is 29.0 Å². The Labute approximate surface area is 158 Å². The van der Waals surface area contributed by atoms with Crippen LogP contribution in [0, 0.1) is 0 Å². The van der Waals surface area contributed by atoms with Crippen LogP contribution in [0.25, 0.3) is 16.1 Å². The molecule has 148 valence electrons. The van der Waals surface area contributed by atoms with Crippen molar-refractivity contribution < 1.29 is 19.1 Å². The van der Waals surface area contributed by atoms with Gasteiger partial charge in [-0.05, 0) is 24.5 Å². The predicted molar refractivity (Wildman–Crippen MR) is 96.4 cm³/mol. The lowest BCUT2D eigenvalue weighted by atomic mass is 9.93. The Balaban J connectivity index is 2.92. The van der Waals surface area contributed by atoms with Crippen molar-refractivity contribution in [1.82, 2.24) is 19.4 Å². The number of carbonyl (C=O) groups excluding carboxylic acids is 3. The average molecular weight is 389 g/mol. The lowest BCUT2D eigenvalue weighted by molar-refractivity contribution is -0.120. The van der Waals surface area contributed by atoms with Crippen molar-refractivity contribution in [2.24, 2.45) is 5.11 Å². The van der Waals surface area contributed by atoms with Gasteiger partial charge in [0.1, 0.15) is 24.4 Å². The van der Waals surface area contributed by atoms with Crippen molar-refractivity contribution in [3.05, 3.63) is 32.1 Å². The van der Waals surface area contributed by atoms with Gasteiger partial charge in [-0.1, -0.05) is 20.8 Å². The number of fused-ring (bicyclic) bond motifs is 1. The predicted octanol–water partition coefficient (Wildman–Crippen LogP) is 1.47. The standard InChI is InChI=1S/C16H19N7O5/c1-8(24)6-22-13-10(15(27)28-7-9(2)25)12(18-21-17)20-23(13)14(26)11(19-22)16(3,4)5/h6-7H2,1-5H3. The van der Waals surface area contributed by atoms with E-state index in [0.29, 0.717) is 0 Å². The molecule has 12 nitrogen and oxygen atoms in total. The minimum Gasteiger partial charge on any atom is -0.454 e. The molecule has 0 saturated carbocycles. The Morgan fingerprint density at radius 3 is 2.32 bits per heavy atom. The normalized spacial score (nSPS) is 11.2. The highest BCUT2D eigenvalue weighted by atomic mass is 16.5. The molecule has 0 amide bonds. The molecule has 28 heavy (non-hydrogen) atoms. The highest BCUT2D eigenvalue weighted by molar-refractivity contribution is 6.01. The van der Waals surface area contributed by atoms with Crippen LogP contribution in [0.1, 0.15) is 50.7 Å². The van der Waals surface area contributed by atoms with Gasteiger partial charge in [-0.15, -0.1) is 0 Å². The number of hydrogen-bond donors (Lipinski definition) is 0. The molecule has 0 fully saturated rings. The fraction of sp³-hybridized carbons (Fsp3) is 0.500. The lowest BCUT2D eigenvalue weighted by Crippen LogP contribution is -2.34. The minimum absolute atomic E-state index is 0.0971. The number of ketones is 2. The molecule has 0 aliphatic rings. The van der Waals surface area contributed by atoms with Gasteiger partial charge in [0.25, 0.3) is 5.56 Å². The first-order valence-corrected chi connectivity index (χ1v) is 8.22. The third kappa shape index (κ3) is 4.07. The van der Waals surface area contributed by atoms with E-state index in [2.05, 4.69) is 20.2 Å². The van der Waals surface area contributed by atoms with Crippen LogP contribution in [0.15, 0.2) is 9.91 Å². The van der Waals surface area contributed by atoms with Gasteiger partial charge in [0.15, 0.2) is 23.0 Å². The van der Waals surface area contributed by atoms with Crippen LogP contribution < -0.4 is 5.56 Å². The molecule has 0 saturated heterocycles. The molecule has 0 bridgehead atoms. The summed E-state index contributed by atoms with van der Waals surface area (Å²) >= 11 is 0. The zero-order valence-corrected chi connectivity index (χ0v) is 16.1. The van der Waals surface area contributed by atoms with Crippen LogP contribution in [-0.4, -0.2) is 43.5 Å². The van der Waals surface area contributed by atoms with Gasteiger partial charge in [0, 0.05) is 10.3 Å². The van der Waals surface area contributed by atoms with Crippen molar-refractivity contribution in [2.45, 2.75) is 46.6 Å². The van der Waals surface area contributed by atoms with Gasteiger partial charge in [0.2, 0.25) is 0 Å². The molecule has 0 spiro atoms. The summed E-state index contributed by atoms with van der Waals surface area (Å²) in [7, 11) is 0. The maximum atomic E-state index is 12.9. The third-order valence-corrected chi connectivity index (χ3v) is 3.54. The molecule has 0 aromatic carbocycles. The minimum atomic E-state index is -1.03. The van der Waals surface area contributed by atoms with Crippen molar-refractivity contribution in [3.63, 3.8) is 0 Å². The van der Waals surface area contributed by atoms with E-state index in [4.69, 9.17) is 10.3 Å². The second-order valence-electron chi connectivity index (χ2n) is 7.17. The number of hydrogen-bond acceptors (Lipinski definition) is 8. The van der Waals surface area contributed by atoms with E-state index in [-0.39, 0.29) is 29.2 Å². The van der Waals surface area contributed by atoms with E-state index in [1.807, 2.05) is 0 Å². The summed E-state index contributed by atoms with van der Waals surface area (Å²) in [6, 6.07) is 0. The van der Waals surface area contributed by atoms with Gasteiger partial charge < -0.3 is 4.74 Å². The monoisotopic (exact) mass is 389 g/mol.